The van der Waals surface area contributed by atoms with Gasteiger partial charge in [-0.15, -0.1) is 10.2 Å². The van der Waals surface area contributed by atoms with Crippen LogP contribution >= 0.6 is 0 Å². The van der Waals surface area contributed by atoms with Gasteiger partial charge in [0.15, 0.2) is 12.2 Å². The number of aromatic nitrogens is 1. The summed E-state index contributed by atoms with van der Waals surface area (Å²) >= 11 is 0. The van der Waals surface area contributed by atoms with Crippen molar-refractivity contribution in [2.45, 2.75) is 100 Å². The molecule has 0 spiro atoms. The molecule has 0 fully saturated rings. The van der Waals surface area contributed by atoms with Gasteiger partial charge in [-0.2, -0.15) is 4.57 Å². The molecular formula is C29H45ClN2O4. The molecule has 7 heteroatoms. The zero-order valence-electron chi connectivity index (χ0n) is 24.2. The Morgan fingerprint density at radius 1 is 0.694 bits per heavy atom. The Hall–Kier alpha value is -1.70. The molecule has 0 atom stereocenters. The first-order valence-corrected chi connectivity index (χ1v) is 13.8. The average Bonchev–Trinajstić information content (AvgIpc) is 2.80. The highest BCUT2D eigenvalue weighted by Gasteiger charge is 2.36. The minimum absolute atomic E-state index is 0.0917. The molecule has 1 aromatic heterocycles. The zero-order chi connectivity index (χ0) is 28.1. The lowest BCUT2D eigenvalue weighted by atomic mass is 9.79. The van der Waals surface area contributed by atoms with Crippen LogP contribution in [0.15, 0.2) is 41.3 Å². The topological polar surface area (TPSA) is 99.4 Å². The maximum Gasteiger partial charge on any atom is 0.207 e. The molecule has 0 bridgehead atoms. The van der Waals surface area contributed by atoms with E-state index >= 15 is 0 Å². The van der Waals surface area contributed by atoms with Crippen LogP contribution in [0.1, 0.15) is 100 Å². The number of allylic oxidation sites excluding steroid dienone is 4. The van der Waals surface area contributed by atoms with Gasteiger partial charge in [-0.05, 0) is 34.1 Å². The fraction of sp³-hybridized carbons (Fsp3) is 0.621. The zero-order valence-corrected chi connectivity index (χ0v) is 25.0. The Morgan fingerprint density at radius 2 is 1.22 bits per heavy atom. The Bertz CT molecular complexity index is 1060. The molecule has 3 heterocycles. The molecule has 6 nitrogen and oxygen atoms in total. The van der Waals surface area contributed by atoms with Crippen LogP contribution in [0.2, 0.25) is 0 Å². The van der Waals surface area contributed by atoms with E-state index in [0.717, 1.165) is 13.1 Å². The van der Waals surface area contributed by atoms with E-state index in [1.807, 2.05) is 0 Å². The van der Waals surface area contributed by atoms with Crippen LogP contribution < -0.4 is 23.2 Å². The van der Waals surface area contributed by atoms with Crippen molar-refractivity contribution in [3.05, 3.63) is 58.2 Å². The van der Waals surface area contributed by atoms with Gasteiger partial charge in [0.2, 0.25) is 5.69 Å². The smallest absolute Gasteiger partial charge is 0.207 e. The highest BCUT2D eigenvalue weighted by atomic mass is 35.7. The van der Waals surface area contributed by atoms with Crippen LogP contribution in [-0.4, -0.2) is 11.4 Å². The van der Waals surface area contributed by atoms with Crippen LogP contribution in [0.25, 0.3) is 6.08 Å². The molecule has 0 unspecified atom stereocenters. The summed E-state index contributed by atoms with van der Waals surface area (Å²) in [4.78, 5) is 2.56. The maximum atomic E-state index is 8.49. The maximum absolute atomic E-state index is 8.49. The summed E-state index contributed by atoms with van der Waals surface area (Å²) in [5.41, 5.74) is 8.76. The molecule has 0 saturated carbocycles. The van der Waals surface area contributed by atoms with Crippen LogP contribution in [0.3, 0.4) is 0 Å². The quantitative estimate of drug-likeness (QED) is 0.489. The molecular weight excluding hydrogens is 476 g/mol. The predicted octanol–water partition coefficient (Wildman–Crippen LogP) is 2.39. The van der Waals surface area contributed by atoms with Crippen molar-refractivity contribution >= 4 is 6.08 Å². The van der Waals surface area contributed by atoms with Gasteiger partial charge in [-0.1, -0.05) is 83.1 Å². The summed E-state index contributed by atoms with van der Waals surface area (Å²) in [7, 11) is -4.94. The van der Waals surface area contributed by atoms with E-state index in [1.54, 1.807) is 0 Å². The van der Waals surface area contributed by atoms with E-state index in [0.29, 0.717) is 0 Å². The fourth-order valence-corrected chi connectivity index (χ4v) is 4.48. The van der Waals surface area contributed by atoms with Crippen molar-refractivity contribution in [2.24, 2.45) is 10.8 Å². The lowest BCUT2D eigenvalue weighted by Crippen LogP contribution is -2.68. The molecule has 36 heavy (non-hydrogen) atoms. The summed E-state index contributed by atoms with van der Waals surface area (Å²) in [6.45, 7) is 30.0. The van der Waals surface area contributed by atoms with Crippen LogP contribution in [0.4, 0.5) is 0 Å². The van der Waals surface area contributed by atoms with Gasteiger partial charge in [-0.3, -0.25) is 0 Å². The molecule has 3 rings (SSSR count). The van der Waals surface area contributed by atoms with Crippen molar-refractivity contribution in [2.75, 3.05) is 6.54 Å². The van der Waals surface area contributed by atoms with Crippen LogP contribution in [0, 0.1) is 21.1 Å². The Labute approximate surface area is 220 Å². The second kappa shape index (κ2) is 9.88. The van der Waals surface area contributed by atoms with Gasteiger partial charge in [-0.25, -0.2) is 18.6 Å². The molecule has 202 valence electrons. The first-order valence-electron chi connectivity index (χ1n) is 12.5. The molecule has 0 N–H and O–H groups in total. The third-order valence-electron chi connectivity index (χ3n) is 6.51. The summed E-state index contributed by atoms with van der Waals surface area (Å²) in [6.07, 6.45) is 7.30. The molecule has 0 amide bonds. The highest BCUT2D eigenvalue weighted by molar-refractivity contribution is 5.57. The lowest BCUT2D eigenvalue weighted by molar-refractivity contribution is -2.00. The minimum Gasteiger partial charge on any atom is -0.338 e. The highest BCUT2D eigenvalue weighted by Crippen LogP contribution is 2.41. The van der Waals surface area contributed by atoms with Crippen LogP contribution in [0.5, 0.6) is 0 Å². The Morgan fingerprint density at radius 3 is 1.64 bits per heavy atom. The van der Waals surface area contributed by atoms with Crippen LogP contribution in [-0.2, 0) is 17.4 Å². The van der Waals surface area contributed by atoms with Gasteiger partial charge >= 0.3 is 0 Å². The van der Waals surface area contributed by atoms with Gasteiger partial charge < -0.3 is 4.90 Å². The van der Waals surface area contributed by atoms with Gasteiger partial charge in [0, 0.05) is 40.4 Å². The van der Waals surface area contributed by atoms with Crippen molar-refractivity contribution in [3.63, 3.8) is 0 Å². The Kier molecular flexibility index (Phi) is 8.38. The molecule has 0 aromatic carbocycles. The van der Waals surface area contributed by atoms with E-state index in [4.69, 9.17) is 18.6 Å². The average molecular weight is 521 g/mol. The Balaban J connectivity index is 0.000000830. The number of hydrogen-bond acceptors (Lipinski definition) is 5. The van der Waals surface area contributed by atoms with Crippen molar-refractivity contribution < 1.29 is 33.4 Å². The number of hydrogen-bond donors (Lipinski definition) is 0. The van der Waals surface area contributed by atoms with E-state index in [2.05, 4.69) is 123 Å². The second-order valence-electron chi connectivity index (χ2n) is 13.9. The number of pyridine rings is 1. The third-order valence-corrected chi connectivity index (χ3v) is 6.51. The van der Waals surface area contributed by atoms with Gasteiger partial charge in [0.25, 0.3) is 0 Å². The number of halogens is 1. The van der Waals surface area contributed by atoms with E-state index in [-0.39, 0.29) is 21.7 Å². The first kappa shape index (κ1) is 30.5. The van der Waals surface area contributed by atoms with E-state index in [1.165, 1.54) is 33.9 Å². The summed E-state index contributed by atoms with van der Waals surface area (Å²) < 4.78 is 36.5. The monoisotopic (exact) mass is 520 g/mol. The normalized spacial score (nSPS) is 17.1. The minimum atomic E-state index is -4.94. The molecule has 2 aliphatic heterocycles. The van der Waals surface area contributed by atoms with E-state index < -0.39 is 10.2 Å². The van der Waals surface area contributed by atoms with Crippen molar-refractivity contribution in [1.29, 1.82) is 0 Å². The van der Waals surface area contributed by atoms with Crippen molar-refractivity contribution in [3.8, 4) is 0 Å². The number of fused-ring (bicyclic) bond motifs is 2. The molecule has 2 aliphatic rings. The molecule has 0 saturated heterocycles. The van der Waals surface area contributed by atoms with Crippen molar-refractivity contribution in [1.82, 2.24) is 4.90 Å². The molecule has 0 radical (unpaired) electrons. The third kappa shape index (κ3) is 7.90. The molecule has 1 aromatic rings. The molecule has 0 aliphatic carbocycles. The summed E-state index contributed by atoms with van der Waals surface area (Å²) in [5.74, 6) is 0. The summed E-state index contributed by atoms with van der Waals surface area (Å²) in [6, 6.07) is 4.87. The predicted molar refractivity (Wildman–Crippen MR) is 134 cm³/mol. The van der Waals surface area contributed by atoms with Gasteiger partial charge in [0.05, 0.1) is 6.54 Å². The first-order chi connectivity index (χ1) is 15.9. The number of rotatable bonds is 0. The summed E-state index contributed by atoms with van der Waals surface area (Å²) in [5, 5.41) is 0. The largest absolute Gasteiger partial charge is 0.338 e. The van der Waals surface area contributed by atoms with E-state index in [9.17, 15) is 0 Å². The number of nitrogens with zero attached hydrogens (tertiary/aromatic N) is 2. The standard InChI is InChI=1S/C29H45N2.ClHO4/c1-26(2,3)20-15-22-19-23-16-21(27(4,5)6)18-25(29(10,11)12)31(23)14-13-30(22)24(17-20)28(7,8)9;2-1(3,4)5/h15-19H,13-14H2,1-12H3;(H,2,3,4,5)/q+1;/p-1. The second-order valence-corrected chi connectivity index (χ2v) is 14.7. The van der Waals surface area contributed by atoms with Gasteiger partial charge in [0.1, 0.15) is 0 Å². The lowest BCUT2D eigenvalue weighted by Gasteiger charge is -2.39. The fourth-order valence-electron chi connectivity index (χ4n) is 4.48. The SMILES string of the molecule is CC(C)(C)C1=CC2=Cc3cc(C(C)(C)C)cc(C(C)(C)C)[n+]3CCN2C(C(C)(C)C)=C1.[O-][Cl+3]([O-])([O-])[O-].